The minimum atomic E-state index is -0.427. The van der Waals surface area contributed by atoms with Crippen LogP contribution in [0.5, 0.6) is 11.5 Å². The van der Waals surface area contributed by atoms with Crippen LogP contribution < -0.4 is 14.9 Å². The summed E-state index contributed by atoms with van der Waals surface area (Å²) in [4.78, 5) is 25.5. The van der Waals surface area contributed by atoms with E-state index in [9.17, 15) is 9.59 Å². The predicted octanol–water partition coefficient (Wildman–Crippen LogP) is 4.01. The molecule has 1 aliphatic rings. The molecule has 1 fully saturated rings. The van der Waals surface area contributed by atoms with E-state index < -0.39 is 11.8 Å². The molecule has 144 valence electrons. The lowest BCUT2D eigenvalue weighted by atomic mass is 10.1. The van der Waals surface area contributed by atoms with Crippen LogP contribution >= 0.6 is 39.9 Å². The molecule has 1 saturated heterocycles. The van der Waals surface area contributed by atoms with Crippen molar-refractivity contribution >= 4 is 62.1 Å². The number of carbonyl (C=O) groups excluding carboxylic acids is 2. The van der Waals surface area contributed by atoms with Crippen molar-refractivity contribution in [3.8, 4) is 11.5 Å². The first-order chi connectivity index (χ1) is 13.4. The number of methoxy groups -OCH3 is 2. The minimum Gasteiger partial charge on any atom is -0.493 e. The average Bonchev–Trinajstić information content (AvgIpc) is 2.95. The molecule has 1 N–H and O–H groups in total. The van der Waals surface area contributed by atoms with Gasteiger partial charge >= 0.3 is 0 Å². The van der Waals surface area contributed by atoms with Crippen LogP contribution in [0.15, 0.2) is 51.8 Å². The van der Waals surface area contributed by atoms with E-state index >= 15 is 0 Å². The standard InChI is InChI=1S/C19H15BrN2O4S2/c1-25-14-5-3-4-12(16(14)26-2)10-15-18(24)22(19(27)28-15)21-17(23)11-6-8-13(20)9-7-11/h3-10H,1-2H3,(H,21,23)/b15-10+. The number of thioether (sulfide) groups is 1. The molecule has 0 bridgehead atoms. The molecule has 0 aliphatic carbocycles. The maximum atomic E-state index is 12.8. The van der Waals surface area contributed by atoms with E-state index in [1.165, 1.54) is 7.11 Å². The monoisotopic (exact) mass is 478 g/mol. The van der Waals surface area contributed by atoms with Crippen LogP contribution in [0.4, 0.5) is 0 Å². The second-order valence-corrected chi connectivity index (χ2v) is 8.14. The fraction of sp³-hybridized carbons (Fsp3) is 0.105. The second-order valence-electron chi connectivity index (χ2n) is 5.55. The summed E-state index contributed by atoms with van der Waals surface area (Å²) >= 11 is 9.67. The zero-order valence-corrected chi connectivity index (χ0v) is 18.1. The number of halogens is 1. The lowest BCUT2D eigenvalue weighted by molar-refractivity contribution is -0.123. The van der Waals surface area contributed by atoms with Crippen molar-refractivity contribution in [3.63, 3.8) is 0 Å². The number of benzene rings is 2. The molecular formula is C19H15BrN2O4S2. The second kappa shape index (κ2) is 8.76. The molecule has 0 radical (unpaired) electrons. The number of rotatable bonds is 5. The molecule has 9 heteroatoms. The number of carbonyl (C=O) groups is 2. The minimum absolute atomic E-state index is 0.239. The van der Waals surface area contributed by atoms with Gasteiger partial charge in [-0.2, -0.15) is 5.01 Å². The number of nitrogens with one attached hydrogen (secondary N) is 1. The third kappa shape index (κ3) is 4.21. The Hall–Kier alpha value is -2.36. The molecule has 0 spiro atoms. The summed E-state index contributed by atoms with van der Waals surface area (Å²) in [5.74, 6) is 0.221. The molecule has 0 saturated carbocycles. The van der Waals surface area contributed by atoms with E-state index in [2.05, 4.69) is 21.4 Å². The molecular weight excluding hydrogens is 464 g/mol. The summed E-state index contributed by atoms with van der Waals surface area (Å²) in [6.07, 6.45) is 1.66. The van der Waals surface area contributed by atoms with Gasteiger partial charge in [0.1, 0.15) is 0 Å². The molecule has 6 nitrogen and oxygen atoms in total. The number of hydrazine groups is 1. The van der Waals surface area contributed by atoms with Crippen molar-refractivity contribution in [1.82, 2.24) is 10.4 Å². The highest BCUT2D eigenvalue weighted by Gasteiger charge is 2.34. The van der Waals surface area contributed by atoms with Crippen LogP contribution in [0.25, 0.3) is 6.08 Å². The van der Waals surface area contributed by atoms with Crippen molar-refractivity contribution in [3.05, 3.63) is 63.0 Å². The highest BCUT2D eigenvalue weighted by Crippen LogP contribution is 2.36. The largest absolute Gasteiger partial charge is 0.493 e. The number of hydrogen-bond acceptors (Lipinski definition) is 6. The Balaban J connectivity index is 1.83. The maximum Gasteiger partial charge on any atom is 0.285 e. The molecule has 2 amide bonds. The van der Waals surface area contributed by atoms with Gasteiger partial charge in [-0.25, -0.2) is 0 Å². The predicted molar refractivity (Wildman–Crippen MR) is 116 cm³/mol. The van der Waals surface area contributed by atoms with Gasteiger partial charge < -0.3 is 9.47 Å². The van der Waals surface area contributed by atoms with Crippen molar-refractivity contribution in [1.29, 1.82) is 0 Å². The molecule has 0 aromatic heterocycles. The molecule has 2 aromatic carbocycles. The van der Waals surface area contributed by atoms with Gasteiger partial charge in [0.25, 0.3) is 11.8 Å². The molecule has 0 atom stereocenters. The van der Waals surface area contributed by atoms with Gasteiger partial charge in [0, 0.05) is 15.6 Å². The van der Waals surface area contributed by atoms with Crippen LogP contribution in [0, 0.1) is 0 Å². The Morgan fingerprint density at radius 1 is 1.18 bits per heavy atom. The fourth-order valence-electron chi connectivity index (χ4n) is 2.50. The third-order valence-corrected chi connectivity index (χ3v) is 5.66. The van der Waals surface area contributed by atoms with Gasteiger partial charge in [0.2, 0.25) is 0 Å². The first-order valence-corrected chi connectivity index (χ1v) is 10.0. The SMILES string of the molecule is COc1cccc(/C=C2/SC(=S)N(NC(=O)c3ccc(Br)cc3)C2=O)c1OC. The molecule has 1 heterocycles. The molecule has 28 heavy (non-hydrogen) atoms. The zero-order chi connectivity index (χ0) is 20.3. The topological polar surface area (TPSA) is 67.9 Å². The van der Waals surface area contributed by atoms with Crippen LogP contribution in [0.3, 0.4) is 0 Å². The van der Waals surface area contributed by atoms with Crippen LogP contribution in [0.2, 0.25) is 0 Å². The number of ether oxygens (including phenoxy) is 2. The lowest BCUT2D eigenvalue weighted by Gasteiger charge is -2.15. The Morgan fingerprint density at radius 3 is 2.54 bits per heavy atom. The van der Waals surface area contributed by atoms with Gasteiger partial charge in [0.15, 0.2) is 15.8 Å². The Labute approximate surface area is 180 Å². The number of para-hydroxylation sites is 1. The Bertz CT molecular complexity index is 976. The smallest absolute Gasteiger partial charge is 0.285 e. The quantitative estimate of drug-likeness (QED) is 0.517. The lowest BCUT2D eigenvalue weighted by Crippen LogP contribution is -2.44. The summed E-state index contributed by atoms with van der Waals surface area (Å²) in [6, 6.07) is 12.1. The van der Waals surface area contributed by atoms with Gasteiger partial charge in [-0.3, -0.25) is 15.0 Å². The number of thiocarbonyl (C=S) groups is 1. The highest BCUT2D eigenvalue weighted by molar-refractivity contribution is 9.10. The molecule has 3 rings (SSSR count). The average molecular weight is 479 g/mol. The summed E-state index contributed by atoms with van der Waals surface area (Å²) in [5.41, 5.74) is 3.63. The number of amides is 2. The van der Waals surface area contributed by atoms with Crippen molar-refractivity contribution in [2.24, 2.45) is 0 Å². The number of hydrogen-bond donors (Lipinski definition) is 1. The highest BCUT2D eigenvalue weighted by atomic mass is 79.9. The van der Waals surface area contributed by atoms with Crippen molar-refractivity contribution in [2.45, 2.75) is 0 Å². The van der Waals surface area contributed by atoms with E-state index in [-0.39, 0.29) is 4.32 Å². The summed E-state index contributed by atoms with van der Waals surface area (Å²) < 4.78 is 11.8. The van der Waals surface area contributed by atoms with Crippen LogP contribution in [-0.4, -0.2) is 35.4 Å². The van der Waals surface area contributed by atoms with E-state index in [0.29, 0.717) is 27.5 Å². The maximum absolute atomic E-state index is 12.8. The van der Waals surface area contributed by atoms with Crippen LogP contribution in [0.1, 0.15) is 15.9 Å². The van der Waals surface area contributed by atoms with Crippen LogP contribution in [-0.2, 0) is 4.79 Å². The Kier molecular flexibility index (Phi) is 6.38. The van der Waals surface area contributed by atoms with Gasteiger partial charge in [0.05, 0.1) is 19.1 Å². The summed E-state index contributed by atoms with van der Waals surface area (Å²) in [7, 11) is 3.07. The molecule has 0 unspecified atom stereocenters. The first kappa shape index (κ1) is 20.4. The Morgan fingerprint density at radius 2 is 1.89 bits per heavy atom. The normalized spacial score (nSPS) is 15.1. The number of nitrogens with zero attached hydrogens (tertiary/aromatic N) is 1. The van der Waals surface area contributed by atoms with Gasteiger partial charge in [-0.15, -0.1) is 0 Å². The summed E-state index contributed by atoms with van der Waals surface area (Å²) in [6.45, 7) is 0. The van der Waals surface area contributed by atoms with E-state index in [1.807, 2.05) is 0 Å². The van der Waals surface area contributed by atoms with Gasteiger partial charge in [-0.1, -0.05) is 39.8 Å². The first-order valence-electron chi connectivity index (χ1n) is 8.00. The van der Waals surface area contributed by atoms with E-state index in [1.54, 1.807) is 55.7 Å². The molecule has 1 aliphatic heterocycles. The zero-order valence-electron chi connectivity index (χ0n) is 14.9. The fourth-order valence-corrected chi connectivity index (χ4v) is 3.93. The van der Waals surface area contributed by atoms with Gasteiger partial charge in [-0.05, 0) is 48.6 Å². The van der Waals surface area contributed by atoms with Crippen molar-refractivity contribution in [2.75, 3.05) is 14.2 Å². The molecule has 2 aromatic rings. The van der Waals surface area contributed by atoms with E-state index in [4.69, 9.17) is 21.7 Å². The summed E-state index contributed by atoms with van der Waals surface area (Å²) in [5, 5.41) is 1.07. The van der Waals surface area contributed by atoms with E-state index in [0.717, 1.165) is 21.2 Å². The van der Waals surface area contributed by atoms with Crippen molar-refractivity contribution < 1.29 is 19.1 Å². The third-order valence-electron chi connectivity index (χ3n) is 3.83.